The molecule has 0 saturated carbocycles. The summed E-state index contributed by atoms with van der Waals surface area (Å²) >= 11 is 0. The van der Waals surface area contributed by atoms with Crippen LogP contribution in [-0.4, -0.2) is 16.7 Å². The predicted molar refractivity (Wildman–Crippen MR) is 128 cm³/mol. The zero-order valence-corrected chi connectivity index (χ0v) is 18.5. The molecule has 0 radical (unpaired) electrons. The van der Waals surface area contributed by atoms with Gasteiger partial charge in [-0.25, -0.2) is 4.90 Å². The SMILES string of the molecule is CC(C)(C)c1ccc(NC2=C(c3ccc([N+](=O)[O-])cc3)C(=O)N(c3ccccc3)C2=O)cc1. The molecule has 166 valence electrons. The van der Waals surface area contributed by atoms with E-state index >= 15 is 0 Å². The molecule has 33 heavy (non-hydrogen) atoms. The molecule has 3 aromatic carbocycles. The van der Waals surface area contributed by atoms with E-state index in [9.17, 15) is 19.7 Å². The van der Waals surface area contributed by atoms with E-state index in [0.717, 1.165) is 10.5 Å². The van der Waals surface area contributed by atoms with Gasteiger partial charge in [-0.05, 0) is 52.9 Å². The number of hydrogen-bond acceptors (Lipinski definition) is 5. The fourth-order valence-corrected chi connectivity index (χ4v) is 3.67. The maximum atomic E-state index is 13.4. The number of carbonyl (C=O) groups excluding carboxylic acids is 2. The lowest BCUT2D eigenvalue weighted by molar-refractivity contribution is -0.384. The molecular weight excluding hydrogens is 418 g/mol. The van der Waals surface area contributed by atoms with Gasteiger partial charge in [-0.15, -0.1) is 0 Å². The Balaban J connectivity index is 1.77. The molecule has 1 aliphatic rings. The van der Waals surface area contributed by atoms with Crippen molar-refractivity contribution in [2.45, 2.75) is 26.2 Å². The van der Waals surface area contributed by atoms with Crippen LogP contribution in [0.15, 0.2) is 84.6 Å². The molecule has 2 amide bonds. The summed E-state index contributed by atoms with van der Waals surface area (Å²) in [6.07, 6.45) is 0. The fraction of sp³-hybridized carbons (Fsp3) is 0.154. The van der Waals surface area contributed by atoms with E-state index in [1.54, 1.807) is 30.3 Å². The summed E-state index contributed by atoms with van der Waals surface area (Å²) in [6, 6.07) is 22.0. The number of benzene rings is 3. The highest BCUT2D eigenvalue weighted by molar-refractivity contribution is 6.46. The van der Waals surface area contributed by atoms with Crippen LogP contribution in [0.1, 0.15) is 31.9 Å². The molecule has 7 heteroatoms. The minimum absolute atomic E-state index is 0.0229. The maximum absolute atomic E-state index is 13.4. The van der Waals surface area contributed by atoms with Crippen LogP contribution in [0.4, 0.5) is 17.1 Å². The number of para-hydroxylation sites is 1. The molecule has 3 aromatic rings. The molecule has 1 aliphatic heterocycles. The van der Waals surface area contributed by atoms with E-state index < -0.39 is 16.7 Å². The largest absolute Gasteiger partial charge is 0.350 e. The Morgan fingerprint density at radius 2 is 1.42 bits per heavy atom. The molecule has 0 aromatic heterocycles. The van der Waals surface area contributed by atoms with Crippen LogP contribution in [0.3, 0.4) is 0 Å². The number of imide groups is 1. The van der Waals surface area contributed by atoms with E-state index in [1.807, 2.05) is 24.3 Å². The minimum atomic E-state index is -0.508. The molecule has 0 spiro atoms. The number of nitro groups is 1. The van der Waals surface area contributed by atoms with Gasteiger partial charge in [0.2, 0.25) is 0 Å². The van der Waals surface area contributed by atoms with E-state index in [2.05, 4.69) is 26.1 Å². The molecule has 0 bridgehead atoms. The summed E-state index contributed by atoms with van der Waals surface area (Å²) in [5, 5.41) is 14.2. The Bertz CT molecular complexity index is 1260. The van der Waals surface area contributed by atoms with Gasteiger partial charge in [-0.3, -0.25) is 19.7 Å². The van der Waals surface area contributed by atoms with E-state index in [1.165, 1.54) is 24.3 Å². The van der Waals surface area contributed by atoms with Crippen molar-refractivity contribution in [2.75, 3.05) is 10.2 Å². The van der Waals surface area contributed by atoms with Crippen molar-refractivity contribution in [2.24, 2.45) is 0 Å². The number of nitrogens with one attached hydrogen (secondary N) is 1. The fourth-order valence-electron chi connectivity index (χ4n) is 3.67. The molecule has 0 atom stereocenters. The van der Waals surface area contributed by atoms with Crippen LogP contribution in [-0.2, 0) is 15.0 Å². The van der Waals surface area contributed by atoms with Gasteiger partial charge in [0.05, 0.1) is 16.2 Å². The third-order valence-corrected chi connectivity index (χ3v) is 5.49. The number of rotatable bonds is 5. The minimum Gasteiger partial charge on any atom is -0.350 e. The van der Waals surface area contributed by atoms with Crippen LogP contribution in [0, 0.1) is 10.1 Å². The highest BCUT2D eigenvalue weighted by atomic mass is 16.6. The zero-order chi connectivity index (χ0) is 23.8. The highest BCUT2D eigenvalue weighted by Gasteiger charge is 2.40. The number of anilines is 2. The van der Waals surface area contributed by atoms with Crippen molar-refractivity contribution in [3.63, 3.8) is 0 Å². The molecule has 1 heterocycles. The Morgan fingerprint density at radius 3 is 1.97 bits per heavy atom. The molecule has 1 N–H and O–H groups in total. The van der Waals surface area contributed by atoms with Crippen LogP contribution in [0.25, 0.3) is 5.57 Å². The Kier molecular flexibility index (Phi) is 5.55. The van der Waals surface area contributed by atoms with Crippen molar-refractivity contribution >= 4 is 34.4 Å². The van der Waals surface area contributed by atoms with Gasteiger partial charge < -0.3 is 5.32 Å². The lowest BCUT2D eigenvalue weighted by Gasteiger charge is -2.19. The Hall–Kier alpha value is -4.26. The maximum Gasteiger partial charge on any atom is 0.282 e. The second-order valence-corrected chi connectivity index (χ2v) is 8.79. The lowest BCUT2D eigenvalue weighted by Crippen LogP contribution is -2.32. The lowest BCUT2D eigenvalue weighted by atomic mass is 9.87. The van der Waals surface area contributed by atoms with E-state index in [-0.39, 0.29) is 22.4 Å². The number of nitrogens with zero attached hydrogens (tertiary/aromatic N) is 2. The molecular formula is C26H23N3O4. The number of non-ortho nitro benzene ring substituents is 1. The van der Waals surface area contributed by atoms with Gasteiger partial charge in [0.15, 0.2) is 0 Å². The first-order valence-electron chi connectivity index (χ1n) is 10.5. The number of amides is 2. The molecule has 7 nitrogen and oxygen atoms in total. The van der Waals surface area contributed by atoms with E-state index in [0.29, 0.717) is 16.9 Å². The molecule has 0 saturated heterocycles. The third-order valence-electron chi connectivity index (χ3n) is 5.49. The summed E-state index contributed by atoms with van der Waals surface area (Å²) in [4.78, 5) is 38.4. The van der Waals surface area contributed by atoms with Gasteiger partial charge in [0, 0.05) is 17.8 Å². The van der Waals surface area contributed by atoms with E-state index in [4.69, 9.17) is 0 Å². The Morgan fingerprint density at radius 1 is 0.818 bits per heavy atom. The molecule has 0 unspecified atom stereocenters. The first-order chi connectivity index (χ1) is 15.7. The number of nitro benzene ring substituents is 1. The Labute approximate surface area is 191 Å². The van der Waals surface area contributed by atoms with Gasteiger partial charge in [-0.1, -0.05) is 51.1 Å². The van der Waals surface area contributed by atoms with Crippen molar-refractivity contribution in [1.29, 1.82) is 0 Å². The van der Waals surface area contributed by atoms with Gasteiger partial charge in [-0.2, -0.15) is 0 Å². The highest BCUT2D eigenvalue weighted by Crippen LogP contribution is 2.34. The standard InChI is InChI=1S/C26H23N3O4/c1-26(2,3)18-11-13-19(14-12-18)27-23-22(17-9-15-21(16-10-17)29(32)33)24(30)28(25(23)31)20-7-5-4-6-8-20/h4-16,27H,1-3H3. The summed E-state index contributed by atoms with van der Waals surface area (Å²) in [6.45, 7) is 6.34. The first-order valence-corrected chi connectivity index (χ1v) is 10.5. The smallest absolute Gasteiger partial charge is 0.282 e. The quantitative estimate of drug-likeness (QED) is 0.330. The van der Waals surface area contributed by atoms with Gasteiger partial charge >= 0.3 is 0 Å². The average molecular weight is 441 g/mol. The molecule has 0 fully saturated rings. The summed E-state index contributed by atoms with van der Waals surface area (Å²) < 4.78 is 0. The molecule has 4 rings (SSSR count). The predicted octanol–water partition coefficient (Wildman–Crippen LogP) is 5.29. The summed E-state index contributed by atoms with van der Waals surface area (Å²) in [7, 11) is 0. The van der Waals surface area contributed by atoms with Crippen molar-refractivity contribution in [3.8, 4) is 0 Å². The average Bonchev–Trinajstić information content (AvgIpc) is 3.03. The number of carbonyl (C=O) groups is 2. The molecule has 0 aliphatic carbocycles. The van der Waals surface area contributed by atoms with Gasteiger partial charge in [0.25, 0.3) is 17.5 Å². The third kappa shape index (κ3) is 4.25. The zero-order valence-electron chi connectivity index (χ0n) is 18.5. The van der Waals surface area contributed by atoms with Gasteiger partial charge in [0.1, 0.15) is 5.70 Å². The number of hydrogen-bond donors (Lipinski definition) is 1. The van der Waals surface area contributed by atoms with Crippen LogP contribution in [0.2, 0.25) is 0 Å². The van der Waals surface area contributed by atoms with Crippen molar-refractivity contribution < 1.29 is 14.5 Å². The topological polar surface area (TPSA) is 92.6 Å². The van der Waals surface area contributed by atoms with Crippen molar-refractivity contribution in [1.82, 2.24) is 0 Å². The first kappa shape index (κ1) is 22.0. The normalized spacial score (nSPS) is 14.1. The summed E-state index contributed by atoms with van der Waals surface area (Å²) in [5.41, 5.74) is 2.84. The van der Waals surface area contributed by atoms with Crippen molar-refractivity contribution in [3.05, 3.63) is 106 Å². The van der Waals surface area contributed by atoms with Crippen LogP contribution >= 0.6 is 0 Å². The monoisotopic (exact) mass is 441 g/mol. The summed E-state index contributed by atoms with van der Waals surface area (Å²) in [5.74, 6) is -0.978. The second-order valence-electron chi connectivity index (χ2n) is 8.79. The van der Waals surface area contributed by atoms with Crippen LogP contribution in [0.5, 0.6) is 0 Å². The van der Waals surface area contributed by atoms with Crippen LogP contribution < -0.4 is 10.2 Å². The second kappa shape index (κ2) is 8.35.